The number of halogens is 1. The fraction of sp³-hybridized carbons (Fsp3) is 0.625. The van der Waals surface area contributed by atoms with Gasteiger partial charge in [0.15, 0.2) is 11.0 Å². The summed E-state index contributed by atoms with van der Waals surface area (Å²) in [4.78, 5) is 15.2. The molecule has 0 atom stereocenters. The number of carbonyl (C=O) groups excluding carboxylic acids is 1. The minimum absolute atomic E-state index is 0.0940. The number of likely N-dealkylation sites (N-methyl/N-ethyl adjacent to an activating group) is 1. The first-order chi connectivity index (χ1) is 7.18. The van der Waals surface area contributed by atoms with E-state index in [9.17, 15) is 4.79 Å². The van der Waals surface area contributed by atoms with E-state index in [2.05, 4.69) is 8.75 Å². The number of hydrogen-bond acceptors (Lipinski definition) is 5. The summed E-state index contributed by atoms with van der Waals surface area (Å²) in [5, 5.41) is 0.386. The van der Waals surface area contributed by atoms with Gasteiger partial charge in [-0.05, 0) is 6.42 Å². The molecule has 0 unspecified atom stereocenters. The molecule has 7 heteroatoms. The maximum atomic E-state index is 11.6. The summed E-state index contributed by atoms with van der Waals surface area (Å²) < 4.78 is 7.99. The Kier molecular flexibility index (Phi) is 3.06. The molecule has 1 aromatic rings. The van der Waals surface area contributed by atoms with Gasteiger partial charge in [0.2, 0.25) is 5.91 Å². The van der Waals surface area contributed by atoms with Crippen molar-refractivity contribution in [2.75, 3.05) is 31.6 Å². The highest BCUT2D eigenvalue weighted by atomic mass is 35.5. The summed E-state index contributed by atoms with van der Waals surface area (Å²) in [6, 6.07) is 0. The number of aromatic nitrogens is 2. The second-order valence-electron chi connectivity index (χ2n) is 3.47. The van der Waals surface area contributed by atoms with Gasteiger partial charge in [-0.2, -0.15) is 8.75 Å². The summed E-state index contributed by atoms with van der Waals surface area (Å²) in [6.45, 7) is 1.91. The third kappa shape index (κ3) is 2.21. The van der Waals surface area contributed by atoms with Crippen LogP contribution in [0.2, 0.25) is 5.15 Å². The molecule has 0 saturated carbocycles. The van der Waals surface area contributed by atoms with Crippen molar-refractivity contribution in [3.05, 3.63) is 5.15 Å². The summed E-state index contributed by atoms with van der Waals surface area (Å²) in [5.41, 5.74) is 0. The minimum atomic E-state index is 0.0940. The Morgan fingerprint density at radius 3 is 2.87 bits per heavy atom. The zero-order chi connectivity index (χ0) is 10.8. The van der Waals surface area contributed by atoms with Crippen molar-refractivity contribution in [1.82, 2.24) is 13.6 Å². The number of nitrogens with zero attached hydrogens (tertiary/aromatic N) is 4. The SMILES string of the molecule is CN1CCCN(c2nsnc2Cl)CC1=O. The largest absolute Gasteiger partial charge is 0.344 e. The quantitative estimate of drug-likeness (QED) is 0.738. The number of hydrogen-bond donors (Lipinski definition) is 0. The van der Waals surface area contributed by atoms with Crippen LogP contribution in [0.5, 0.6) is 0 Å². The first-order valence-corrected chi connectivity index (χ1v) is 5.76. The van der Waals surface area contributed by atoms with Gasteiger partial charge in [-0.1, -0.05) is 11.6 Å². The number of anilines is 1. The molecule has 0 spiro atoms. The third-order valence-electron chi connectivity index (χ3n) is 2.41. The highest BCUT2D eigenvalue weighted by Crippen LogP contribution is 2.23. The van der Waals surface area contributed by atoms with E-state index in [4.69, 9.17) is 11.6 Å². The molecular formula is C8H11ClN4OS. The Morgan fingerprint density at radius 1 is 1.40 bits per heavy atom. The lowest BCUT2D eigenvalue weighted by Crippen LogP contribution is -2.34. The van der Waals surface area contributed by atoms with Crippen LogP contribution in [-0.4, -0.2) is 46.2 Å². The molecule has 0 radical (unpaired) electrons. The second-order valence-corrected chi connectivity index (χ2v) is 4.36. The zero-order valence-electron chi connectivity index (χ0n) is 8.31. The average molecular weight is 247 g/mol. The maximum absolute atomic E-state index is 11.6. The summed E-state index contributed by atoms with van der Waals surface area (Å²) >= 11 is 6.95. The molecule has 0 bridgehead atoms. The van der Waals surface area contributed by atoms with E-state index < -0.39 is 0 Å². The van der Waals surface area contributed by atoms with Crippen LogP contribution in [0.3, 0.4) is 0 Å². The molecular weight excluding hydrogens is 236 g/mol. The Bertz CT molecular complexity index is 369. The van der Waals surface area contributed by atoms with Gasteiger partial charge in [0.05, 0.1) is 18.3 Å². The Balaban J connectivity index is 2.17. The molecule has 2 heterocycles. The van der Waals surface area contributed by atoms with Crippen molar-refractivity contribution in [3.8, 4) is 0 Å². The van der Waals surface area contributed by atoms with Gasteiger partial charge >= 0.3 is 0 Å². The first-order valence-electron chi connectivity index (χ1n) is 4.65. The van der Waals surface area contributed by atoms with Crippen LogP contribution < -0.4 is 4.90 Å². The number of carbonyl (C=O) groups is 1. The van der Waals surface area contributed by atoms with E-state index in [-0.39, 0.29) is 5.91 Å². The maximum Gasteiger partial charge on any atom is 0.241 e. The highest BCUT2D eigenvalue weighted by Gasteiger charge is 2.22. The molecule has 1 fully saturated rings. The van der Waals surface area contributed by atoms with Crippen LogP contribution in [0.1, 0.15) is 6.42 Å². The molecule has 15 heavy (non-hydrogen) atoms. The van der Waals surface area contributed by atoms with E-state index in [0.717, 1.165) is 31.2 Å². The van der Waals surface area contributed by atoms with Crippen LogP contribution >= 0.6 is 23.3 Å². The standard InChI is InChI=1S/C8H11ClN4OS/c1-12-3-2-4-13(5-6(12)14)8-7(9)10-15-11-8/h2-5H2,1H3. The van der Waals surface area contributed by atoms with E-state index in [1.54, 1.807) is 4.90 Å². The second kappa shape index (κ2) is 4.32. The monoisotopic (exact) mass is 246 g/mol. The lowest BCUT2D eigenvalue weighted by atomic mass is 10.4. The fourth-order valence-corrected chi connectivity index (χ4v) is 2.31. The molecule has 1 aliphatic rings. The van der Waals surface area contributed by atoms with Crippen LogP contribution in [0.4, 0.5) is 5.82 Å². The Morgan fingerprint density at radius 2 is 2.20 bits per heavy atom. The number of amides is 1. The van der Waals surface area contributed by atoms with Gasteiger partial charge in [0.1, 0.15) is 0 Å². The van der Waals surface area contributed by atoms with Crippen LogP contribution in [0, 0.1) is 0 Å². The first kappa shape index (κ1) is 10.6. The third-order valence-corrected chi connectivity index (χ3v) is 3.28. The molecule has 1 amide bonds. The predicted molar refractivity (Wildman–Crippen MR) is 59.4 cm³/mol. The molecule has 1 saturated heterocycles. The van der Waals surface area contributed by atoms with Gasteiger partial charge in [-0.15, -0.1) is 0 Å². The summed E-state index contributed by atoms with van der Waals surface area (Å²) in [6.07, 6.45) is 0.927. The lowest BCUT2D eigenvalue weighted by molar-refractivity contribution is -0.127. The van der Waals surface area contributed by atoms with Gasteiger partial charge in [0, 0.05) is 20.1 Å². The van der Waals surface area contributed by atoms with Crippen molar-refractivity contribution >= 4 is 35.1 Å². The van der Waals surface area contributed by atoms with Crippen molar-refractivity contribution in [1.29, 1.82) is 0 Å². The average Bonchev–Trinajstić information content (AvgIpc) is 2.55. The van der Waals surface area contributed by atoms with Crippen molar-refractivity contribution in [3.63, 3.8) is 0 Å². The van der Waals surface area contributed by atoms with Crippen molar-refractivity contribution < 1.29 is 4.79 Å². The Labute approximate surface area is 97.0 Å². The molecule has 82 valence electrons. The molecule has 1 aromatic heterocycles. The van der Waals surface area contributed by atoms with Gasteiger partial charge < -0.3 is 9.80 Å². The van der Waals surface area contributed by atoms with Crippen LogP contribution in [0.15, 0.2) is 0 Å². The van der Waals surface area contributed by atoms with Crippen LogP contribution in [-0.2, 0) is 4.79 Å². The fourth-order valence-electron chi connectivity index (χ4n) is 1.53. The normalized spacial score (nSPS) is 18.1. The van der Waals surface area contributed by atoms with Crippen LogP contribution in [0.25, 0.3) is 0 Å². The van der Waals surface area contributed by atoms with E-state index >= 15 is 0 Å². The molecule has 5 nitrogen and oxygen atoms in total. The number of rotatable bonds is 1. The highest BCUT2D eigenvalue weighted by molar-refractivity contribution is 6.99. The molecule has 0 N–H and O–H groups in total. The summed E-state index contributed by atoms with van der Waals surface area (Å²) in [7, 11) is 1.81. The van der Waals surface area contributed by atoms with Gasteiger partial charge in [-0.3, -0.25) is 4.79 Å². The zero-order valence-corrected chi connectivity index (χ0v) is 9.88. The Hall–Kier alpha value is -0.880. The summed E-state index contributed by atoms with van der Waals surface area (Å²) in [5.74, 6) is 0.724. The molecule has 0 aromatic carbocycles. The predicted octanol–water partition coefficient (Wildman–Crippen LogP) is 0.860. The van der Waals surface area contributed by atoms with E-state index in [0.29, 0.717) is 17.5 Å². The molecule has 0 aliphatic carbocycles. The van der Waals surface area contributed by atoms with Gasteiger partial charge in [-0.25, -0.2) is 0 Å². The van der Waals surface area contributed by atoms with E-state index in [1.165, 1.54) is 0 Å². The minimum Gasteiger partial charge on any atom is -0.344 e. The topological polar surface area (TPSA) is 49.3 Å². The molecule has 1 aliphatic heterocycles. The lowest BCUT2D eigenvalue weighted by Gasteiger charge is -2.18. The molecule has 2 rings (SSSR count). The smallest absolute Gasteiger partial charge is 0.241 e. The van der Waals surface area contributed by atoms with Gasteiger partial charge in [0.25, 0.3) is 0 Å². The van der Waals surface area contributed by atoms with E-state index in [1.807, 2.05) is 11.9 Å². The van der Waals surface area contributed by atoms with Crippen molar-refractivity contribution in [2.24, 2.45) is 0 Å². The van der Waals surface area contributed by atoms with Crippen molar-refractivity contribution in [2.45, 2.75) is 6.42 Å².